The summed E-state index contributed by atoms with van der Waals surface area (Å²) in [7, 11) is 0.116. The van der Waals surface area contributed by atoms with Gasteiger partial charge in [-0.15, -0.1) is 0 Å². The molecular formula is C9H12ClNO6S2. The van der Waals surface area contributed by atoms with Gasteiger partial charge in [-0.25, -0.2) is 16.8 Å². The molecule has 108 valence electrons. The standard InChI is InChI=1S/C9H12ClNO6S2/c1-16-7-4-6(11-18(3,12)13)5-8(17-2)9(7)19(10,14)15/h4-5,11H,1-3H3. The summed E-state index contributed by atoms with van der Waals surface area (Å²) >= 11 is 0. The minimum absolute atomic E-state index is 0.0975. The molecule has 0 aliphatic carbocycles. The average molecular weight is 330 g/mol. The fraction of sp³-hybridized carbons (Fsp3) is 0.333. The smallest absolute Gasteiger partial charge is 0.268 e. The predicted octanol–water partition coefficient (Wildman–Crippen LogP) is 1.00. The third kappa shape index (κ3) is 4.15. The van der Waals surface area contributed by atoms with Crippen LogP contribution in [0.2, 0.25) is 0 Å². The molecule has 0 aliphatic rings. The first-order valence-corrected chi connectivity index (χ1v) is 8.97. The summed E-state index contributed by atoms with van der Waals surface area (Å²) < 4.78 is 57.2. The summed E-state index contributed by atoms with van der Waals surface area (Å²) in [6.07, 6.45) is 0.957. The van der Waals surface area contributed by atoms with Crippen molar-refractivity contribution in [1.82, 2.24) is 0 Å². The van der Waals surface area contributed by atoms with E-state index in [2.05, 4.69) is 4.72 Å². The van der Waals surface area contributed by atoms with Crippen molar-refractivity contribution in [1.29, 1.82) is 0 Å². The van der Waals surface area contributed by atoms with Crippen LogP contribution in [0.1, 0.15) is 0 Å². The molecule has 0 fully saturated rings. The summed E-state index contributed by atoms with van der Waals surface area (Å²) in [5.41, 5.74) is 0.0975. The first-order chi connectivity index (χ1) is 8.58. The number of halogens is 1. The Kier molecular flexibility index (Phi) is 4.54. The van der Waals surface area contributed by atoms with Crippen LogP contribution in [0.4, 0.5) is 5.69 Å². The summed E-state index contributed by atoms with van der Waals surface area (Å²) in [4.78, 5) is -0.363. The first-order valence-electron chi connectivity index (χ1n) is 4.77. The van der Waals surface area contributed by atoms with Gasteiger partial charge in [-0.2, -0.15) is 0 Å². The van der Waals surface area contributed by atoms with Gasteiger partial charge in [0.05, 0.1) is 26.2 Å². The molecule has 19 heavy (non-hydrogen) atoms. The van der Waals surface area contributed by atoms with Gasteiger partial charge in [-0.05, 0) is 0 Å². The maximum atomic E-state index is 11.5. The molecule has 7 nitrogen and oxygen atoms in total. The van der Waals surface area contributed by atoms with Gasteiger partial charge >= 0.3 is 0 Å². The zero-order chi connectivity index (χ0) is 14.8. The van der Waals surface area contributed by atoms with Gasteiger partial charge in [0.2, 0.25) is 10.0 Å². The van der Waals surface area contributed by atoms with E-state index in [-0.39, 0.29) is 22.1 Å². The number of hydrogen-bond acceptors (Lipinski definition) is 6. The Bertz CT molecular complexity index is 658. The van der Waals surface area contributed by atoms with Crippen LogP contribution in [-0.4, -0.2) is 37.3 Å². The maximum absolute atomic E-state index is 11.5. The van der Waals surface area contributed by atoms with Gasteiger partial charge in [0, 0.05) is 22.8 Å². The van der Waals surface area contributed by atoms with Gasteiger partial charge in [-0.3, -0.25) is 4.72 Å². The highest BCUT2D eigenvalue weighted by Gasteiger charge is 2.24. The van der Waals surface area contributed by atoms with Crippen LogP contribution in [0.25, 0.3) is 0 Å². The van der Waals surface area contributed by atoms with Crippen molar-refractivity contribution < 1.29 is 26.3 Å². The largest absolute Gasteiger partial charge is 0.495 e. The van der Waals surface area contributed by atoms with Crippen LogP contribution >= 0.6 is 10.7 Å². The Hall–Kier alpha value is -1.19. The van der Waals surface area contributed by atoms with E-state index < -0.39 is 19.1 Å². The lowest BCUT2D eigenvalue weighted by Gasteiger charge is -2.13. The third-order valence-corrected chi connectivity index (χ3v) is 3.97. The van der Waals surface area contributed by atoms with Crippen LogP contribution in [0.15, 0.2) is 17.0 Å². The highest BCUT2D eigenvalue weighted by Crippen LogP contribution is 2.38. The van der Waals surface area contributed by atoms with E-state index in [1.807, 2.05) is 0 Å². The van der Waals surface area contributed by atoms with E-state index in [0.717, 1.165) is 6.26 Å². The number of nitrogens with one attached hydrogen (secondary N) is 1. The fourth-order valence-electron chi connectivity index (χ4n) is 1.39. The van der Waals surface area contributed by atoms with Crippen LogP contribution in [-0.2, 0) is 19.1 Å². The van der Waals surface area contributed by atoms with Crippen LogP contribution in [0.5, 0.6) is 11.5 Å². The number of benzene rings is 1. The lowest BCUT2D eigenvalue weighted by atomic mass is 10.3. The second kappa shape index (κ2) is 5.43. The monoisotopic (exact) mass is 329 g/mol. The minimum atomic E-state index is -4.10. The van der Waals surface area contributed by atoms with Crippen LogP contribution in [0.3, 0.4) is 0 Å². The SMILES string of the molecule is COc1cc(NS(C)(=O)=O)cc(OC)c1S(=O)(=O)Cl. The van der Waals surface area contributed by atoms with Crippen molar-refractivity contribution in [3.05, 3.63) is 12.1 Å². The van der Waals surface area contributed by atoms with Crippen molar-refractivity contribution in [2.75, 3.05) is 25.2 Å². The van der Waals surface area contributed by atoms with Gasteiger partial charge in [0.25, 0.3) is 9.05 Å². The zero-order valence-corrected chi connectivity index (χ0v) is 12.7. The molecule has 0 amide bonds. The third-order valence-electron chi connectivity index (χ3n) is 2.01. The minimum Gasteiger partial charge on any atom is -0.495 e. The van der Waals surface area contributed by atoms with Gasteiger partial charge < -0.3 is 9.47 Å². The van der Waals surface area contributed by atoms with Gasteiger partial charge in [-0.1, -0.05) is 0 Å². The van der Waals surface area contributed by atoms with Crippen molar-refractivity contribution in [2.24, 2.45) is 0 Å². The Morgan fingerprint density at radius 1 is 1.05 bits per heavy atom. The molecule has 0 bridgehead atoms. The zero-order valence-electron chi connectivity index (χ0n) is 10.3. The summed E-state index contributed by atoms with van der Waals surface area (Å²) in [6.45, 7) is 0. The number of anilines is 1. The molecule has 1 rings (SSSR count). The highest BCUT2D eigenvalue weighted by molar-refractivity contribution is 8.14. The highest BCUT2D eigenvalue weighted by atomic mass is 35.7. The Morgan fingerprint density at radius 2 is 1.47 bits per heavy atom. The molecule has 0 spiro atoms. The molecule has 0 aliphatic heterocycles. The summed E-state index contributed by atoms with van der Waals surface area (Å²) in [5.74, 6) is -0.249. The van der Waals surface area contributed by atoms with Crippen molar-refractivity contribution in [3.8, 4) is 11.5 Å². The topological polar surface area (TPSA) is 98.8 Å². The van der Waals surface area contributed by atoms with Gasteiger partial charge in [0.15, 0.2) is 4.90 Å². The Labute approximate surface area is 115 Å². The lowest BCUT2D eigenvalue weighted by molar-refractivity contribution is 0.374. The van der Waals surface area contributed by atoms with E-state index >= 15 is 0 Å². The molecule has 1 N–H and O–H groups in total. The number of methoxy groups -OCH3 is 2. The normalized spacial score (nSPS) is 12.0. The molecule has 0 radical (unpaired) electrons. The molecule has 1 aromatic carbocycles. The molecule has 1 aromatic rings. The molecule has 0 atom stereocenters. The lowest BCUT2D eigenvalue weighted by Crippen LogP contribution is -2.10. The van der Waals surface area contributed by atoms with Crippen molar-refractivity contribution >= 4 is 35.4 Å². The average Bonchev–Trinajstić information content (AvgIpc) is 2.23. The van der Waals surface area contributed by atoms with E-state index in [4.69, 9.17) is 20.2 Å². The van der Waals surface area contributed by atoms with E-state index in [1.165, 1.54) is 26.4 Å². The number of sulfonamides is 1. The number of rotatable bonds is 5. The Morgan fingerprint density at radius 3 is 1.74 bits per heavy atom. The summed E-state index contributed by atoms with van der Waals surface area (Å²) in [5, 5.41) is 0. The number of hydrogen-bond donors (Lipinski definition) is 1. The molecule has 10 heteroatoms. The van der Waals surface area contributed by atoms with Gasteiger partial charge in [0.1, 0.15) is 11.5 Å². The molecule has 0 heterocycles. The Balaban J connectivity index is 3.54. The molecule has 0 saturated carbocycles. The maximum Gasteiger partial charge on any atom is 0.268 e. The van der Waals surface area contributed by atoms with E-state index in [9.17, 15) is 16.8 Å². The number of ether oxygens (including phenoxy) is 2. The quantitative estimate of drug-likeness (QED) is 0.809. The predicted molar refractivity (Wildman–Crippen MR) is 71.1 cm³/mol. The van der Waals surface area contributed by atoms with E-state index in [0.29, 0.717) is 0 Å². The fourth-order valence-corrected chi connectivity index (χ4v) is 3.16. The molecule has 0 saturated heterocycles. The van der Waals surface area contributed by atoms with Crippen LogP contribution in [0, 0.1) is 0 Å². The van der Waals surface area contributed by atoms with Crippen molar-refractivity contribution in [2.45, 2.75) is 4.90 Å². The second-order valence-electron chi connectivity index (χ2n) is 3.52. The molecule has 0 aromatic heterocycles. The van der Waals surface area contributed by atoms with Crippen molar-refractivity contribution in [3.63, 3.8) is 0 Å². The van der Waals surface area contributed by atoms with Crippen LogP contribution < -0.4 is 14.2 Å². The molecular weight excluding hydrogens is 318 g/mol. The first kappa shape index (κ1) is 15.9. The van der Waals surface area contributed by atoms with E-state index in [1.54, 1.807) is 0 Å². The summed E-state index contributed by atoms with van der Waals surface area (Å²) in [6, 6.07) is 2.39. The second-order valence-corrected chi connectivity index (χ2v) is 7.77. The molecule has 0 unspecified atom stereocenters.